The first-order chi connectivity index (χ1) is 8.95. The summed E-state index contributed by atoms with van der Waals surface area (Å²) < 4.78 is 3.86. The molecule has 1 N–H and O–H groups in total. The number of anilines is 1. The van der Waals surface area contributed by atoms with Crippen LogP contribution in [0.2, 0.25) is 0 Å². The fourth-order valence-corrected chi connectivity index (χ4v) is 2.17. The molecule has 0 radical (unpaired) electrons. The predicted molar refractivity (Wildman–Crippen MR) is 77.1 cm³/mol. The molecule has 0 spiro atoms. The predicted octanol–water partition coefficient (Wildman–Crippen LogP) is 2.50. The Bertz CT molecular complexity index is 550. The monoisotopic (exact) mass is 261 g/mol. The molecular weight excluding hydrogens is 238 g/mol. The lowest BCUT2D eigenvalue weighted by atomic mass is 10.2. The maximum absolute atomic E-state index is 4.52. The van der Waals surface area contributed by atoms with Crippen LogP contribution in [0.25, 0.3) is 0 Å². The van der Waals surface area contributed by atoms with Crippen molar-refractivity contribution in [2.24, 2.45) is 13.0 Å². The van der Waals surface area contributed by atoms with Gasteiger partial charge in [-0.05, 0) is 19.8 Å². The van der Waals surface area contributed by atoms with E-state index in [-0.39, 0.29) is 0 Å². The molecule has 0 aliphatic heterocycles. The number of hydrogen-bond donors (Lipinski definition) is 1. The summed E-state index contributed by atoms with van der Waals surface area (Å²) in [7, 11) is 1.95. The molecule has 0 saturated heterocycles. The Morgan fingerprint density at radius 2 is 1.89 bits per heavy atom. The third-order valence-electron chi connectivity index (χ3n) is 3.08. The van der Waals surface area contributed by atoms with Gasteiger partial charge in [-0.2, -0.15) is 10.2 Å². The lowest BCUT2D eigenvalue weighted by Gasteiger charge is -2.04. The van der Waals surface area contributed by atoms with Crippen LogP contribution in [-0.4, -0.2) is 19.6 Å². The summed E-state index contributed by atoms with van der Waals surface area (Å²) in [6, 6.07) is 0. The largest absolute Gasteiger partial charge is 0.378 e. The molecule has 0 amide bonds. The Labute approximate surface area is 114 Å². The van der Waals surface area contributed by atoms with E-state index in [1.807, 2.05) is 30.3 Å². The van der Waals surface area contributed by atoms with E-state index < -0.39 is 0 Å². The highest BCUT2D eigenvalue weighted by Gasteiger charge is 2.07. The normalized spacial score (nSPS) is 11.3. The summed E-state index contributed by atoms with van der Waals surface area (Å²) in [5.74, 6) is 0.604. The number of nitrogens with one attached hydrogen (secondary N) is 1. The van der Waals surface area contributed by atoms with E-state index in [1.54, 1.807) is 0 Å². The van der Waals surface area contributed by atoms with Crippen LogP contribution in [0, 0.1) is 19.8 Å². The van der Waals surface area contributed by atoms with Gasteiger partial charge in [-0.25, -0.2) is 0 Å². The quantitative estimate of drug-likeness (QED) is 0.899. The highest BCUT2D eigenvalue weighted by molar-refractivity contribution is 5.46. The Morgan fingerprint density at radius 1 is 1.16 bits per heavy atom. The van der Waals surface area contributed by atoms with Crippen molar-refractivity contribution in [3.63, 3.8) is 0 Å². The summed E-state index contributed by atoms with van der Waals surface area (Å²) in [4.78, 5) is 0. The highest BCUT2D eigenvalue weighted by atomic mass is 15.3. The van der Waals surface area contributed by atoms with Crippen LogP contribution in [0.4, 0.5) is 5.69 Å². The zero-order valence-electron chi connectivity index (χ0n) is 12.4. The standard InChI is InChI=1S/C14H23N5/c1-10(2)7-19-9-14(12(4)17-19)15-6-13-8-18(5)16-11(13)3/h8-10,15H,6-7H2,1-5H3. The summed E-state index contributed by atoms with van der Waals surface area (Å²) in [6.07, 6.45) is 4.14. The maximum Gasteiger partial charge on any atom is 0.0825 e. The van der Waals surface area contributed by atoms with Gasteiger partial charge in [-0.3, -0.25) is 9.36 Å². The van der Waals surface area contributed by atoms with Crippen molar-refractivity contribution in [2.45, 2.75) is 40.8 Å². The van der Waals surface area contributed by atoms with Gasteiger partial charge >= 0.3 is 0 Å². The average Bonchev–Trinajstić information content (AvgIpc) is 2.78. The number of hydrogen-bond acceptors (Lipinski definition) is 3. The second-order valence-electron chi connectivity index (χ2n) is 5.51. The molecule has 2 aromatic rings. The average molecular weight is 261 g/mol. The van der Waals surface area contributed by atoms with Crippen LogP contribution in [0.3, 0.4) is 0 Å². The number of aryl methyl sites for hydroxylation is 3. The molecule has 19 heavy (non-hydrogen) atoms. The molecule has 5 nitrogen and oxygen atoms in total. The van der Waals surface area contributed by atoms with Gasteiger partial charge in [0.15, 0.2) is 0 Å². The maximum atomic E-state index is 4.52. The number of nitrogens with zero attached hydrogens (tertiary/aromatic N) is 4. The second-order valence-corrected chi connectivity index (χ2v) is 5.51. The Hall–Kier alpha value is -1.78. The molecule has 0 bridgehead atoms. The van der Waals surface area contributed by atoms with Crippen LogP contribution in [0.1, 0.15) is 30.8 Å². The molecule has 0 aliphatic rings. The topological polar surface area (TPSA) is 47.7 Å². The van der Waals surface area contributed by atoms with E-state index in [0.29, 0.717) is 5.92 Å². The lowest BCUT2D eigenvalue weighted by Crippen LogP contribution is -2.04. The zero-order chi connectivity index (χ0) is 14.0. The molecule has 5 heteroatoms. The Kier molecular flexibility index (Phi) is 3.93. The first kappa shape index (κ1) is 13.6. The molecule has 0 saturated carbocycles. The van der Waals surface area contributed by atoms with Crippen LogP contribution in [0.5, 0.6) is 0 Å². The van der Waals surface area contributed by atoms with Gasteiger partial charge in [0.05, 0.1) is 17.1 Å². The Balaban J connectivity index is 2.03. The van der Waals surface area contributed by atoms with Crippen molar-refractivity contribution in [2.75, 3.05) is 5.32 Å². The first-order valence-corrected chi connectivity index (χ1v) is 6.72. The molecular formula is C14H23N5. The summed E-state index contributed by atoms with van der Waals surface area (Å²) >= 11 is 0. The van der Waals surface area contributed by atoms with Crippen molar-refractivity contribution in [1.29, 1.82) is 0 Å². The highest BCUT2D eigenvalue weighted by Crippen LogP contribution is 2.15. The SMILES string of the molecule is Cc1nn(C)cc1CNc1cn(CC(C)C)nc1C. The van der Waals surface area contributed by atoms with E-state index in [2.05, 4.69) is 41.8 Å². The fraction of sp³-hybridized carbons (Fsp3) is 0.571. The van der Waals surface area contributed by atoms with Crippen LogP contribution < -0.4 is 5.32 Å². The summed E-state index contributed by atoms with van der Waals surface area (Å²) in [5, 5.41) is 12.3. The minimum absolute atomic E-state index is 0.604. The molecule has 0 fully saturated rings. The molecule has 104 valence electrons. The van der Waals surface area contributed by atoms with E-state index in [0.717, 1.165) is 30.2 Å². The lowest BCUT2D eigenvalue weighted by molar-refractivity contribution is 0.481. The molecule has 2 rings (SSSR count). The van der Waals surface area contributed by atoms with Gasteiger partial charge in [0, 0.05) is 38.1 Å². The van der Waals surface area contributed by atoms with Gasteiger partial charge in [-0.15, -0.1) is 0 Å². The fourth-order valence-electron chi connectivity index (χ4n) is 2.17. The minimum atomic E-state index is 0.604. The van der Waals surface area contributed by atoms with Crippen molar-refractivity contribution in [3.8, 4) is 0 Å². The molecule has 0 unspecified atom stereocenters. The molecule has 0 atom stereocenters. The van der Waals surface area contributed by atoms with Crippen LogP contribution >= 0.6 is 0 Å². The van der Waals surface area contributed by atoms with Gasteiger partial charge in [0.2, 0.25) is 0 Å². The van der Waals surface area contributed by atoms with Crippen molar-refractivity contribution in [3.05, 3.63) is 29.3 Å². The third-order valence-corrected chi connectivity index (χ3v) is 3.08. The molecule has 0 aromatic carbocycles. The molecule has 2 aromatic heterocycles. The van der Waals surface area contributed by atoms with Gasteiger partial charge in [0.25, 0.3) is 0 Å². The Morgan fingerprint density at radius 3 is 2.47 bits per heavy atom. The zero-order valence-corrected chi connectivity index (χ0v) is 12.4. The van der Waals surface area contributed by atoms with Crippen molar-refractivity contribution >= 4 is 5.69 Å². The second kappa shape index (κ2) is 5.47. The first-order valence-electron chi connectivity index (χ1n) is 6.72. The van der Waals surface area contributed by atoms with E-state index in [1.165, 1.54) is 5.56 Å². The van der Waals surface area contributed by atoms with Crippen molar-refractivity contribution < 1.29 is 0 Å². The molecule has 2 heterocycles. The van der Waals surface area contributed by atoms with E-state index in [9.17, 15) is 0 Å². The van der Waals surface area contributed by atoms with Gasteiger partial charge < -0.3 is 5.32 Å². The van der Waals surface area contributed by atoms with E-state index >= 15 is 0 Å². The van der Waals surface area contributed by atoms with Crippen molar-refractivity contribution in [1.82, 2.24) is 19.6 Å². The van der Waals surface area contributed by atoms with Crippen LogP contribution in [-0.2, 0) is 20.1 Å². The molecule has 0 aliphatic carbocycles. The summed E-state index contributed by atoms with van der Waals surface area (Å²) in [6.45, 7) is 10.2. The minimum Gasteiger partial charge on any atom is -0.378 e. The van der Waals surface area contributed by atoms with E-state index in [4.69, 9.17) is 0 Å². The van der Waals surface area contributed by atoms with Gasteiger partial charge in [-0.1, -0.05) is 13.8 Å². The smallest absolute Gasteiger partial charge is 0.0825 e. The van der Waals surface area contributed by atoms with Gasteiger partial charge in [0.1, 0.15) is 0 Å². The number of aromatic nitrogens is 4. The summed E-state index contributed by atoms with van der Waals surface area (Å²) in [5.41, 5.74) is 4.44. The van der Waals surface area contributed by atoms with Crippen LogP contribution in [0.15, 0.2) is 12.4 Å². The number of rotatable bonds is 5. The third kappa shape index (κ3) is 3.36.